The summed E-state index contributed by atoms with van der Waals surface area (Å²) in [5.74, 6) is -2.86. The lowest BCUT2D eigenvalue weighted by Crippen LogP contribution is -2.15. The molecule has 0 saturated carbocycles. The molecule has 0 heterocycles. The summed E-state index contributed by atoms with van der Waals surface area (Å²) in [6, 6.07) is 1.69. The van der Waals surface area contributed by atoms with E-state index in [1.165, 1.54) is 0 Å². The summed E-state index contributed by atoms with van der Waals surface area (Å²) in [7, 11) is 0. The number of hydrogen-bond acceptors (Lipinski definition) is 3. The van der Waals surface area contributed by atoms with E-state index in [1.54, 1.807) is 13.8 Å². The normalized spacial score (nSPS) is 13.0. The molecule has 1 amide bonds. The second-order valence-electron chi connectivity index (χ2n) is 4.42. The lowest BCUT2D eigenvalue weighted by Gasteiger charge is -2.15. The largest absolute Gasteiger partial charge is 0.504 e. The lowest BCUT2D eigenvalue weighted by molar-refractivity contribution is -0.138. The van der Waals surface area contributed by atoms with E-state index in [1.807, 2.05) is 0 Å². The van der Waals surface area contributed by atoms with Gasteiger partial charge in [0.05, 0.1) is 0 Å². The Labute approximate surface area is 119 Å². The molecule has 0 aliphatic heterocycles. The van der Waals surface area contributed by atoms with Crippen LogP contribution in [0.4, 0.5) is 13.2 Å². The summed E-state index contributed by atoms with van der Waals surface area (Å²) < 4.78 is 38.5. The molecule has 0 fully saturated rings. The molecule has 0 bridgehead atoms. The van der Waals surface area contributed by atoms with Gasteiger partial charge in [-0.05, 0) is 36.1 Å². The van der Waals surface area contributed by atoms with Crippen molar-refractivity contribution in [2.45, 2.75) is 32.9 Å². The molecule has 0 radical (unpaired) electrons. The summed E-state index contributed by atoms with van der Waals surface area (Å²) in [6.45, 7) is 3.31. The molecule has 0 unspecified atom stereocenters. The zero-order valence-corrected chi connectivity index (χ0v) is 11.6. The van der Waals surface area contributed by atoms with Crippen molar-refractivity contribution in [1.29, 1.82) is 0 Å². The SMILES string of the molecule is CCC(C(N)=O)=C(CC)c1cc(O)c(O)c(C(F)(F)F)c1. The first-order valence-corrected chi connectivity index (χ1v) is 6.28. The highest BCUT2D eigenvalue weighted by atomic mass is 19.4. The Morgan fingerprint density at radius 1 is 1.19 bits per heavy atom. The zero-order chi connectivity index (χ0) is 16.4. The van der Waals surface area contributed by atoms with Gasteiger partial charge in [-0.1, -0.05) is 13.8 Å². The van der Waals surface area contributed by atoms with E-state index in [4.69, 9.17) is 5.73 Å². The number of aromatic hydroxyl groups is 2. The second-order valence-corrected chi connectivity index (χ2v) is 4.42. The van der Waals surface area contributed by atoms with E-state index in [2.05, 4.69) is 0 Å². The van der Waals surface area contributed by atoms with Crippen LogP contribution in [0.1, 0.15) is 37.8 Å². The number of carbonyl (C=O) groups excluding carboxylic acids is 1. The fourth-order valence-corrected chi connectivity index (χ4v) is 2.14. The average Bonchev–Trinajstić information content (AvgIpc) is 2.37. The van der Waals surface area contributed by atoms with Gasteiger partial charge in [0, 0.05) is 5.57 Å². The van der Waals surface area contributed by atoms with Crippen LogP contribution in [0.3, 0.4) is 0 Å². The summed E-state index contributed by atoms with van der Waals surface area (Å²) in [5, 5.41) is 18.8. The third kappa shape index (κ3) is 3.48. The number of rotatable bonds is 4. The fourth-order valence-electron chi connectivity index (χ4n) is 2.14. The Bertz CT molecular complexity index is 592. The van der Waals surface area contributed by atoms with Crippen LogP contribution in [0.15, 0.2) is 17.7 Å². The van der Waals surface area contributed by atoms with E-state index >= 15 is 0 Å². The van der Waals surface area contributed by atoms with Gasteiger partial charge in [0.2, 0.25) is 5.91 Å². The molecule has 0 atom stereocenters. The Morgan fingerprint density at radius 2 is 1.76 bits per heavy atom. The highest BCUT2D eigenvalue weighted by Crippen LogP contribution is 2.43. The van der Waals surface area contributed by atoms with Gasteiger partial charge in [0.15, 0.2) is 11.5 Å². The number of benzene rings is 1. The molecular weight excluding hydrogens is 287 g/mol. The fraction of sp³-hybridized carbons (Fsp3) is 0.357. The van der Waals surface area contributed by atoms with Gasteiger partial charge in [0.25, 0.3) is 0 Å². The van der Waals surface area contributed by atoms with Gasteiger partial charge in [0.1, 0.15) is 5.56 Å². The van der Waals surface area contributed by atoms with Gasteiger partial charge >= 0.3 is 6.18 Å². The van der Waals surface area contributed by atoms with Crippen molar-refractivity contribution in [3.8, 4) is 11.5 Å². The number of halogens is 3. The van der Waals surface area contributed by atoms with Gasteiger partial charge < -0.3 is 15.9 Å². The molecule has 0 aliphatic rings. The van der Waals surface area contributed by atoms with Crippen molar-refractivity contribution in [2.24, 2.45) is 5.73 Å². The molecular formula is C14H16F3NO3. The third-order valence-corrected chi connectivity index (χ3v) is 3.11. The monoisotopic (exact) mass is 303 g/mol. The van der Waals surface area contributed by atoms with Crippen molar-refractivity contribution in [2.75, 3.05) is 0 Å². The minimum absolute atomic E-state index is 0.00998. The maximum atomic E-state index is 12.8. The van der Waals surface area contributed by atoms with Gasteiger partial charge in [-0.3, -0.25) is 4.79 Å². The maximum absolute atomic E-state index is 12.8. The Hall–Kier alpha value is -2.18. The molecule has 4 nitrogen and oxygen atoms in total. The zero-order valence-electron chi connectivity index (χ0n) is 11.6. The predicted molar refractivity (Wildman–Crippen MR) is 71.5 cm³/mol. The molecule has 21 heavy (non-hydrogen) atoms. The number of amides is 1. The number of allylic oxidation sites excluding steroid dienone is 1. The Morgan fingerprint density at radius 3 is 2.14 bits per heavy atom. The van der Waals surface area contributed by atoms with E-state index < -0.39 is 29.1 Å². The minimum Gasteiger partial charge on any atom is -0.504 e. The average molecular weight is 303 g/mol. The molecule has 7 heteroatoms. The first kappa shape index (κ1) is 16.9. The van der Waals surface area contributed by atoms with Crippen molar-refractivity contribution < 1.29 is 28.2 Å². The van der Waals surface area contributed by atoms with Crippen LogP contribution in [0, 0.1) is 0 Å². The molecule has 116 valence electrons. The summed E-state index contributed by atoms with van der Waals surface area (Å²) in [4.78, 5) is 11.4. The standard InChI is InChI=1S/C14H16F3NO3/c1-3-8(9(4-2)13(18)21)7-5-10(14(15,16)17)12(20)11(19)6-7/h5-6,19-20H,3-4H2,1-2H3,(H2,18,21). The topological polar surface area (TPSA) is 83.6 Å². The van der Waals surface area contributed by atoms with E-state index in [0.29, 0.717) is 11.6 Å². The number of phenols is 2. The number of carbonyl (C=O) groups is 1. The minimum atomic E-state index is -4.82. The maximum Gasteiger partial charge on any atom is 0.420 e. The van der Waals surface area contributed by atoms with Gasteiger partial charge in [-0.2, -0.15) is 13.2 Å². The van der Waals surface area contributed by atoms with Crippen LogP contribution in [0.5, 0.6) is 11.5 Å². The van der Waals surface area contributed by atoms with Crippen LogP contribution < -0.4 is 5.73 Å². The Balaban J connectivity index is 3.64. The van der Waals surface area contributed by atoms with Crippen LogP contribution >= 0.6 is 0 Å². The molecule has 0 spiro atoms. The highest BCUT2D eigenvalue weighted by Gasteiger charge is 2.36. The van der Waals surface area contributed by atoms with Crippen LogP contribution in [0.25, 0.3) is 5.57 Å². The number of primary amides is 1. The van der Waals surface area contributed by atoms with Crippen molar-refractivity contribution in [3.63, 3.8) is 0 Å². The summed E-state index contributed by atoms with van der Waals surface area (Å²) in [5.41, 5.74) is 4.38. The quantitative estimate of drug-likeness (QED) is 0.590. The van der Waals surface area contributed by atoms with E-state index in [0.717, 1.165) is 6.07 Å². The highest BCUT2D eigenvalue weighted by molar-refractivity contribution is 6.00. The molecule has 0 aromatic heterocycles. The molecule has 1 rings (SSSR count). The second kappa shape index (κ2) is 6.07. The molecule has 4 N–H and O–H groups in total. The van der Waals surface area contributed by atoms with Crippen molar-refractivity contribution >= 4 is 11.5 Å². The van der Waals surface area contributed by atoms with E-state index in [9.17, 15) is 28.2 Å². The predicted octanol–water partition coefficient (Wildman–Crippen LogP) is 3.18. The molecule has 0 aliphatic carbocycles. The smallest absolute Gasteiger partial charge is 0.420 e. The van der Waals surface area contributed by atoms with Gasteiger partial charge in [-0.15, -0.1) is 0 Å². The number of nitrogens with two attached hydrogens (primary N) is 1. The summed E-state index contributed by atoms with van der Waals surface area (Å²) >= 11 is 0. The van der Waals surface area contributed by atoms with Crippen molar-refractivity contribution in [1.82, 2.24) is 0 Å². The first-order valence-electron chi connectivity index (χ1n) is 6.28. The molecule has 0 saturated heterocycles. The molecule has 1 aromatic rings. The number of alkyl halides is 3. The van der Waals surface area contributed by atoms with Crippen molar-refractivity contribution in [3.05, 3.63) is 28.8 Å². The van der Waals surface area contributed by atoms with Crippen LogP contribution in [0.2, 0.25) is 0 Å². The third-order valence-electron chi connectivity index (χ3n) is 3.11. The number of phenolic OH excluding ortho intramolecular Hbond substituents is 2. The summed E-state index contributed by atoms with van der Waals surface area (Å²) in [6.07, 6.45) is -4.31. The Kier molecular flexibility index (Phi) is 4.88. The lowest BCUT2D eigenvalue weighted by atomic mass is 9.93. The molecule has 1 aromatic carbocycles. The van der Waals surface area contributed by atoms with Gasteiger partial charge in [-0.25, -0.2) is 0 Å². The number of hydrogen-bond donors (Lipinski definition) is 3. The van der Waals surface area contributed by atoms with Crippen LogP contribution in [-0.4, -0.2) is 16.1 Å². The van der Waals surface area contributed by atoms with E-state index in [-0.39, 0.29) is 24.0 Å². The first-order chi connectivity index (χ1) is 9.63. The van der Waals surface area contributed by atoms with Crippen LogP contribution in [-0.2, 0) is 11.0 Å².